The highest BCUT2D eigenvalue weighted by atomic mass is 35.5. The normalized spacial score (nSPS) is 27.7. The van der Waals surface area contributed by atoms with Crippen molar-refractivity contribution in [2.45, 2.75) is 38.9 Å². The van der Waals surface area contributed by atoms with E-state index >= 15 is 0 Å². The summed E-state index contributed by atoms with van der Waals surface area (Å²) in [4.78, 5) is 22.8. The summed E-state index contributed by atoms with van der Waals surface area (Å²) in [7, 11) is 0. The molecule has 0 saturated heterocycles. The maximum absolute atomic E-state index is 12.1. The number of carboxylic acids is 1. The fourth-order valence-corrected chi connectivity index (χ4v) is 3.12. The summed E-state index contributed by atoms with van der Waals surface area (Å²) < 4.78 is 5.43. The Labute approximate surface area is 156 Å². The predicted octanol–water partition coefficient (Wildman–Crippen LogP) is 2.59. The van der Waals surface area contributed by atoms with Gasteiger partial charge in [-0.25, -0.2) is 0 Å². The van der Waals surface area contributed by atoms with Crippen LogP contribution < -0.4 is 0 Å². The summed E-state index contributed by atoms with van der Waals surface area (Å²) in [5, 5.41) is 28.9. The maximum atomic E-state index is 12.1. The van der Waals surface area contributed by atoms with Crippen molar-refractivity contribution in [1.82, 2.24) is 0 Å². The highest BCUT2D eigenvalue weighted by molar-refractivity contribution is 6.45. The number of carbonyl (C=O) groups excluding carboxylic acids is 1. The molecule has 1 heterocycles. The van der Waals surface area contributed by atoms with Gasteiger partial charge < -0.3 is 20.1 Å². The van der Waals surface area contributed by atoms with Crippen LogP contribution in [0.15, 0.2) is 58.1 Å². The van der Waals surface area contributed by atoms with Crippen molar-refractivity contribution in [3.05, 3.63) is 58.1 Å². The van der Waals surface area contributed by atoms with Crippen molar-refractivity contribution in [3.63, 3.8) is 0 Å². The summed E-state index contributed by atoms with van der Waals surface area (Å²) in [5.74, 6) is -1.34. The van der Waals surface area contributed by atoms with Crippen LogP contribution >= 0.6 is 11.6 Å². The largest absolute Gasteiger partial charge is 0.481 e. The van der Waals surface area contributed by atoms with Gasteiger partial charge in [-0.1, -0.05) is 36.2 Å². The zero-order chi connectivity index (χ0) is 19.6. The number of ether oxygens (including phenoxy) is 1. The van der Waals surface area contributed by atoms with Crippen molar-refractivity contribution in [2.75, 3.05) is 0 Å². The second-order valence-corrected chi connectivity index (χ2v) is 7.04. The number of rotatable bonds is 5. The fraction of sp³-hybridized carbons (Fsp3) is 0.368. The maximum Gasteiger partial charge on any atom is 0.303 e. The smallest absolute Gasteiger partial charge is 0.303 e. The Morgan fingerprint density at radius 2 is 2.15 bits per heavy atom. The molecule has 0 aromatic carbocycles. The molecule has 2 aliphatic rings. The lowest BCUT2D eigenvalue weighted by Gasteiger charge is -2.35. The number of fused-ring (bicyclic) bond motifs is 1. The van der Waals surface area contributed by atoms with E-state index in [1.54, 1.807) is 12.2 Å². The van der Waals surface area contributed by atoms with Crippen molar-refractivity contribution in [2.24, 2.45) is 5.92 Å². The van der Waals surface area contributed by atoms with Gasteiger partial charge in [-0.3, -0.25) is 9.59 Å². The molecule has 26 heavy (non-hydrogen) atoms. The number of hydrogen-bond acceptors (Lipinski definition) is 5. The third-order valence-corrected chi connectivity index (χ3v) is 4.57. The summed E-state index contributed by atoms with van der Waals surface area (Å²) in [5.41, 5.74) is -0.612. The lowest BCUT2D eigenvalue weighted by molar-refractivity contribution is -0.141. The van der Waals surface area contributed by atoms with Crippen molar-refractivity contribution in [3.8, 4) is 0 Å². The molecule has 0 fully saturated rings. The van der Waals surface area contributed by atoms with Crippen LogP contribution in [0.5, 0.6) is 0 Å². The average molecular weight is 381 g/mol. The van der Waals surface area contributed by atoms with Crippen molar-refractivity contribution >= 4 is 23.4 Å². The SMILES string of the molecule is CC(/C=C/C1=CC2=C(Cl)C(=O)[C@@](C)(O)[C@H](O)C2=CO1)=C\[C@@H](C)CC(=O)O. The molecule has 3 N–H and O–H groups in total. The van der Waals surface area contributed by atoms with E-state index in [0.717, 1.165) is 5.57 Å². The molecule has 0 aromatic rings. The third kappa shape index (κ3) is 4.15. The van der Waals surface area contributed by atoms with Gasteiger partial charge in [0.05, 0.1) is 17.7 Å². The summed E-state index contributed by atoms with van der Waals surface area (Å²) in [6, 6.07) is 0. The molecule has 0 amide bonds. The number of aliphatic hydroxyl groups is 2. The molecule has 0 saturated carbocycles. The molecule has 3 atom stereocenters. The van der Waals surface area contributed by atoms with Crippen LogP contribution in [0.25, 0.3) is 0 Å². The summed E-state index contributed by atoms with van der Waals surface area (Å²) in [6.45, 7) is 4.84. The molecule has 0 aromatic heterocycles. The number of aliphatic hydroxyl groups excluding tert-OH is 1. The minimum atomic E-state index is -2.00. The van der Waals surface area contributed by atoms with Crippen LogP contribution in [0, 0.1) is 5.92 Å². The highest BCUT2D eigenvalue weighted by Gasteiger charge is 2.48. The lowest BCUT2D eigenvalue weighted by Crippen LogP contribution is -2.51. The molecule has 1 aliphatic heterocycles. The highest BCUT2D eigenvalue weighted by Crippen LogP contribution is 2.39. The van der Waals surface area contributed by atoms with Crippen LogP contribution in [0.3, 0.4) is 0 Å². The first-order valence-corrected chi connectivity index (χ1v) is 8.44. The second-order valence-electron chi connectivity index (χ2n) is 6.66. The van der Waals surface area contributed by atoms with Crippen molar-refractivity contribution < 1.29 is 29.6 Å². The van der Waals surface area contributed by atoms with Crippen LogP contribution in [0.4, 0.5) is 0 Å². The summed E-state index contributed by atoms with van der Waals surface area (Å²) >= 11 is 6.06. The Morgan fingerprint density at radius 3 is 2.77 bits per heavy atom. The second kappa shape index (κ2) is 7.61. The van der Waals surface area contributed by atoms with Gasteiger partial charge in [0.15, 0.2) is 5.60 Å². The number of carboxylic acid groups (broad SMARTS) is 1. The van der Waals surface area contributed by atoms with E-state index in [2.05, 4.69) is 0 Å². The van der Waals surface area contributed by atoms with Crippen LogP contribution in [-0.2, 0) is 14.3 Å². The van der Waals surface area contributed by atoms with Gasteiger partial charge in [0.1, 0.15) is 11.9 Å². The minimum Gasteiger partial charge on any atom is -0.481 e. The molecule has 0 spiro atoms. The van der Waals surface area contributed by atoms with Gasteiger partial charge in [0.25, 0.3) is 0 Å². The van der Waals surface area contributed by atoms with Gasteiger partial charge in [0.2, 0.25) is 5.78 Å². The number of aliphatic carboxylic acids is 1. The molecule has 1 aliphatic carbocycles. The Hall–Kier alpha value is -2.15. The topological polar surface area (TPSA) is 104 Å². The first-order chi connectivity index (χ1) is 12.0. The molecular formula is C19H21ClO6. The molecule has 0 radical (unpaired) electrons. The zero-order valence-electron chi connectivity index (χ0n) is 14.7. The minimum absolute atomic E-state index is 0.0406. The molecule has 2 rings (SSSR count). The van der Waals surface area contributed by atoms with E-state index in [1.807, 2.05) is 19.9 Å². The number of allylic oxidation sites excluding steroid dienone is 5. The van der Waals surface area contributed by atoms with Crippen molar-refractivity contribution in [1.29, 1.82) is 0 Å². The molecule has 6 nitrogen and oxygen atoms in total. The molecule has 7 heteroatoms. The quantitative estimate of drug-likeness (QED) is 0.633. The molecule has 0 unspecified atom stereocenters. The van der Waals surface area contributed by atoms with E-state index in [0.29, 0.717) is 11.3 Å². The first kappa shape index (κ1) is 20.2. The van der Waals surface area contributed by atoms with E-state index in [9.17, 15) is 19.8 Å². The predicted molar refractivity (Wildman–Crippen MR) is 96.1 cm³/mol. The monoisotopic (exact) mass is 380 g/mol. The number of carbonyl (C=O) groups is 2. The molecule has 140 valence electrons. The molecule has 0 bridgehead atoms. The Balaban J connectivity index is 2.23. The zero-order valence-corrected chi connectivity index (χ0v) is 15.4. The average Bonchev–Trinajstić information content (AvgIpc) is 2.55. The Kier molecular flexibility index (Phi) is 5.91. The molecular weight excluding hydrogens is 360 g/mol. The van der Waals surface area contributed by atoms with E-state index < -0.39 is 23.5 Å². The van der Waals surface area contributed by atoms with Gasteiger partial charge in [-0.15, -0.1) is 0 Å². The van der Waals surface area contributed by atoms with E-state index in [-0.39, 0.29) is 22.9 Å². The van der Waals surface area contributed by atoms with Gasteiger partial charge in [-0.2, -0.15) is 0 Å². The standard InChI is InChI=1S/C19H21ClO6/c1-10(6-11(2)7-15(21)22)4-5-12-8-13-14(9-26-12)17(23)19(3,25)18(24)16(13)20/h4-6,8-9,11,17,23,25H,7H2,1-3H3,(H,21,22)/b5-4+,10-6+/t11-,17-,19+/m1/s1. The lowest BCUT2D eigenvalue weighted by atomic mass is 9.79. The van der Waals surface area contributed by atoms with E-state index in [1.165, 1.54) is 19.3 Å². The Bertz CT molecular complexity index is 782. The number of Topliss-reactive ketones (excluding diaryl/α,β-unsaturated/α-hetero) is 1. The fourth-order valence-electron chi connectivity index (χ4n) is 2.77. The number of hydrogen-bond donors (Lipinski definition) is 3. The van der Waals surface area contributed by atoms with Crippen LogP contribution in [0.1, 0.15) is 27.2 Å². The van der Waals surface area contributed by atoms with Crippen LogP contribution in [-0.4, -0.2) is 38.8 Å². The van der Waals surface area contributed by atoms with Gasteiger partial charge in [0, 0.05) is 11.1 Å². The van der Waals surface area contributed by atoms with E-state index in [4.69, 9.17) is 21.4 Å². The van der Waals surface area contributed by atoms with Gasteiger partial charge >= 0.3 is 5.97 Å². The third-order valence-electron chi connectivity index (χ3n) is 4.20. The van der Waals surface area contributed by atoms with Gasteiger partial charge in [-0.05, 0) is 31.9 Å². The van der Waals surface area contributed by atoms with Crippen LogP contribution in [0.2, 0.25) is 0 Å². The first-order valence-electron chi connectivity index (χ1n) is 8.06. The Morgan fingerprint density at radius 1 is 1.50 bits per heavy atom. The summed E-state index contributed by atoms with van der Waals surface area (Å²) in [6.07, 6.45) is 6.59. The number of halogens is 1. The number of ketones is 1.